The van der Waals surface area contributed by atoms with Gasteiger partial charge in [0.05, 0.1) is 13.2 Å². The molecule has 2 amide bonds. The van der Waals surface area contributed by atoms with Crippen molar-refractivity contribution in [1.82, 2.24) is 10.2 Å². The molecule has 104 valence electrons. The Morgan fingerprint density at radius 2 is 2.06 bits per heavy atom. The van der Waals surface area contributed by atoms with Crippen molar-refractivity contribution in [3.8, 4) is 0 Å². The number of primary amides is 1. The summed E-state index contributed by atoms with van der Waals surface area (Å²) in [6.07, 6.45) is 0.867. The monoisotopic (exact) mass is 257 g/mol. The Kier molecular flexibility index (Phi) is 6.67. The lowest BCUT2D eigenvalue weighted by molar-refractivity contribution is -0.123. The van der Waals surface area contributed by atoms with Crippen molar-refractivity contribution in [3.05, 3.63) is 0 Å². The second-order valence-electron chi connectivity index (χ2n) is 4.65. The number of nitrogens with two attached hydrogens (primary N) is 1. The van der Waals surface area contributed by atoms with Crippen LogP contribution in [0.3, 0.4) is 0 Å². The van der Waals surface area contributed by atoms with Crippen molar-refractivity contribution in [3.63, 3.8) is 0 Å². The Hall–Kier alpha value is -1.14. The maximum absolute atomic E-state index is 11.5. The Balaban J connectivity index is 2.04. The van der Waals surface area contributed by atoms with Crippen LogP contribution in [0.5, 0.6) is 0 Å². The van der Waals surface area contributed by atoms with E-state index in [1.807, 2.05) is 0 Å². The van der Waals surface area contributed by atoms with Gasteiger partial charge in [-0.1, -0.05) is 6.92 Å². The Morgan fingerprint density at radius 3 is 2.67 bits per heavy atom. The van der Waals surface area contributed by atoms with E-state index in [2.05, 4.69) is 10.2 Å². The second kappa shape index (κ2) is 8.05. The molecule has 1 aliphatic heterocycles. The van der Waals surface area contributed by atoms with E-state index in [0.717, 1.165) is 32.8 Å². The summed E-state index contributed by atoms with van der Waals surface area (Å²) in [5.41, 5.74) is 5.13. The first kappa shape index (κ1) is 14.9. The number of morpholine rings is 1. The number of nitrogens with zero attached hydrogens (tertiary/aromatic N) is 1. The molecule has 1 rings (SSSR count). The van der Waals surface area contributed by atoms with Crippen molar-refractivity contribution < 1.29 is 14.3 Å². The van der Waals surface area contributed by atoms with Crippen LogP contribution in [0.15, 0.2) is 0 Å². The largest absolute Gasteiger partial charge is 0.379 e. The summed E-state index contributed by atoms with van der Waals surface area (Å²) in [5.74, 6) is -0.609. The lowest BCUT2D eigenvalue weighted by Gasteiger charge is -2.26. The van der Waals surface area contributed by atoms with Crippen LogP contribution in [0, 0.1) is 5.92 Å². The molecule has 0 spiro atoms. The molecule has 0 saturated carbocycles. The summed E-state index contributed by atoms with van der Waals surface area (Å²) >= 11 is 0. The third kappa shape index (κ3) is 5.97. The van der Waals surface area contributed by atoms with Gasteiger partial charge in [0.15, 0.2) is 0 Å². The molecule has 1 aliphatic rings. The molecule has 3 N–H and O–H groups in total. The highest BCUT2D eigenvalue weighted by Gasteiger charge is 2.12. The lowest BCUT2D eigenvalue weighted by Crippen LogP contribution is -2.41. The first-order valence-corrected chi connectivity index (χ1v) is 6.45. The quantitative estimate of drug-likeness (QED) is 0.634. The van der Waals surface area contributed by atoms with Crippen LogP contribution in [-0.4, -0.2) is 56.1 Å². The van der Waals surface area contributed by atoms with E-state index in [4.69, 9.17) is 10.5 Å². The zero-order valence-corrected chi connectivity index (χ0v) is 11.0. The van der Waals surface area contributed by atoms with Crippen LogP contribution >= 0.6 is 0 Å². The molecule has 0 unspecified atom stereocenters. The van der Waals surface area contributed by atoms with E-state index in [9.17, 15) is 9.59 Å². The summed E-state index contributed by atoms with van der Waals surface area (Å²) in [7, 11) is 0. The van der Waals surface area contributed by atoms with Crippen LogP contribution in [0.4, 0.5) is 0 Å². The molecule has 1 fully saturated rings. The Morgan fingerprint density at radius 1 is 1.39 bits per heavy atom. The molecule has 0 aromatic rings. The molecular formula is C12H23N3O3. The predicted molar refractivity (Wildman–Crippen MR) is 67.9 cm³/mol. The van der Waals surface area contributed by atoms with Gasteiger partial charge in [-0.2, -0.15) is 0 Å². The van der Waals surface area contributed by atoms with Crippen molar-refractivity contribution >= 4 is 11.8 Å². The predicted octanol–water partition coefficient (Wildman–Crippen LogP) is -0.664. The molecule has 6 nitrogen and oxygen atoms in total. The number of carbonyl (C=O) groups excluding carboxylic acids is 2. The minimum Gasteiger partial charge on any atom is -0.379 e. The lowest BCUT2D eigenvalue weighted by atomic mass is 10.1. The number of nitrogens with one attached hydrogen (secondary N) is 1. The van der Waals surface area contributed by atoms with Crippen LogP contribution in [0.25, 0.3) is 0 Å². The maximum atomic E-state index is 11.5. The molecule has 1 atom stereocenters. The van der Waals surface area contributed by atoms with Gasteiger partial charge >= 0.3 is 0 Å². The minimum atomic E-state index is -0.351. The van der Waals surface area contributed by atoms with Gasteiger partial charge in [0.1, 0.15) is 0 Å². The van der Waals surface area contributed by atoms with Crippen LogP contribution in [0.2, 0.25) is 0 Å². The smallest absolute Gasteiger partial charge is 0.220 e. The molecule has 0 aromatic heterocycles. The van der Waals surface area contributed by atoms with Gasteiger partial charge in [0.2, 0.25) is 11.8 Å². The highest BCUT2D eigenvalue weighted by molar-refractivity contribution is 5.79. The summed E-state index contributed by atoms with van der Waals surface area (Å²) in [6.45, 7) is 6.62. The Bertz CT molecular complexity index is 278. The van der Waals surface area contributed by atoms with Gasteiger partial charge < -0.3 is 15.8 Å². The average Bonchev–Trinajstić information content (AvgIpc) is 2.37. The standard InChI is InChI=1S/C12H23N3O3/c1-10(12(13)17)2-3-11(16)14-4-5-15-6-8-18-9-7-15/h10H,2-9H2,1H3,(H2,13,17)(H,14,16)/t10-/m0/s1. The van der Waals surface area contributed by atoms with E-state index in [1.54, 1.807) is 6.92 Å². The van der Waals surface area contributed by atoms with Crippen molar-refractivity contribution in [1.29, 1.82) is 0 Å². The van der Waals surface area contributed by atoms with Gasteiger partial charge in [-0.3, -0.25) is 14.5 Å². The minimum absolute atomic E-state index is 0.0173. The van der Waals surface area contributed by atoms with Crippen molar-refractivity contribution in [2.24, 2.45) is 11.7 Å². The zero-order chi connectivity index (χ0) is 13.4. The van der Waals surface area contributed by atoms with Crippen LogP contribution < -0.4 is 11.1 Å². The van der Waals surface area contributed by atoms with Crippen molar-refractivity contribution in [2.75, 3.05) is 39.4 Å². The molecule has 18 heavy (non-hydrogen) atoms. The number of carbonyl (C=O) groups is 2. The summed E-state index contributed by atoms with van der Waals surface area (Å²) in [6, 6.07) is 0. The summed E-state index contributed by atoms with van der Waals surface area (Å²) in [4.78, 5) is 24.6. The SMILES string of the molecule is C[C@@H](CCC(=O)NCCN1CCOCC1)C(N)=O. The number of hydrogen-bond donors (Lipinski definition) is 2. The van der Waals surface area contributed by atoms with E-state index in [1.165, 1.54) is 0 Å². The average molecular weight is 257 g/mol. The molecule has 1 heterocycles. The van der Waals surface area contributed by atoms with Gasteiger partial charge in [-0.25, -0.2) is 0 Å². The van der Waals surface area contributed by atoms with E-state index in [0.29, 0.717) is 19.4 Å². The molecular weight excluding hydrogens is 234 g/mol. The highest BCUT2D eigenvalue weighted by Crippen LogP contribution is 2.03. The third-order valence-corrected chi connectivity index (χ3v) is 3.14. The fraction of sp³-hybridized carbons (Fsp3) is 0.833. The molecule has 0 bridgehead atoms. The van der Waals surface area contributed by atoms with Crippen LogP contribution in [0.1, 0.15) is 19.8 Å². The fourth-order valence-electron chi connectivity index (χ4n) is 1.76. The summed E-state index contributed by atoms with van der Waals surface area (Å²) < 4.78 is 5.24. The number of ether oxygens (including phenoxy) is 1. The maximum Gasteiger partial charge on any atom is 0.220 e. The van der Waals surface area contributed by atoms with E-state index >= 15 is 0 Å². The van der Waals surface area contributed by atoms with Crippen molar-refractivity contribution in [2.45, 2.75) is 19.8 Å². The topological polar surface area (TPSA) is 84.7 Å². The van der Waals surface area contributed by atoms with Gasteiger partial charge in [0.25, 0.3) is 0 Å². The first-order valence-electron chi connectivity index (χ1n) is 6.45. The van der Waals surface area contributed by atoms with Gasteiger partial charge in [-0.05, 0) is 6.42 Å². The van der Waals surface area contributed by atoms with Gasteiger partial charge in [0, 0.05) is 38.5 Å². The molecule has 0 aromatic carbocycles. The first-order chi connectivity index (χ1) is 8.59. The molecule has 0 radical (unpaired) electrons. The fourth-order valence-corrected chi connectivity index (χ4v) is 1.76. The highest BCUT2D eigenvalue weighted by atomic mass is 16.5. The van der Waals surface area contributed by atoms with E-state index in [-0.39, 0.29) is 17.7 Å². The third-order valence-electron chi connectivity index (χ3n) is 3.14. The van der Waals surface area contributed by atoms with Gasteiger partial charge in [-0.15, -0.1) is 0 Å². The normalized spacial score (nSPS) is 18.3. The molecule has 1 saturated heterocycles. The molecule has 0 aliphatic carbocycles. The zero-order valence-electron chi connectivity index (χ0n) is 11.0. The second-order valence-corrected chi connectivity index (χ2v) is 4.65. The Labute approximate surface area is 108 Å². The van der Waals surface area contributed by atoms with E-state index < -0.39 is 0 Å². The summed E-state index contributed by atoms with van der Waals surface area (Å²) in [5, 5.41) is 2.85. The molecule has 6 heteroatoms. The number of rotatable bonds is 7. The van der Waals surface area contributed by atoms with Crippen LogP contribution in [-0.2, 0) is 14.3 Å². The number of amides is 2. The number of hydrogen-bond acceptors (Lipinski definition) is 4.